The monoisotopic (exact) mass is 267 g/mol. The summed E-state index contributed by atoms with van der Waals surface area (Å²) in [6, 6.07) is 9.40. The third-order valence-electron chi connectivity index (χ3n) is 3.06. The quantitative estimate of drug-likeness (QED) is 0.694. The Balaban J connectivity index is 2.39. The Morgan fingerprint density at radius 3 is 2.56 bits per heavy atom. The van der Waals surface area contributed by atoms with Crippen LogP contribution in [0.15, 0.2) is 24.3 Å². The minimum Gasteiger partial charge on any atom is -0.385 e. The number of thioether (sulfide) groups is 1. The lowest BCUT2D eigenvalue weighted by atomic mass is 10.1. The van der Waals surface area contributed by atoms with Crippen molar-refractivity contribution < 1.29 is 4.74 Å². The van der Waals surface area contributed by atoms with E-state index >= 15 is 0 Å². The summed E-state index contributed by atoms with van der Waals surface area (Å²) in [5, 5.41) is 3.39. The highest BCUT2D eigenvalue weighted by Gasteiger charge is 2.08. The van der Waals surface area contributed by atoms with Gasteiger partial charge in [-0.1, -0.05) is 31.2 Å². The number of hydrogen-bond donors (Lipinski definition) is 1. The Hall–Kier alpha value is -0.510. The fourth-order valence-corrected chi connectivity index (χ4v) is 2.92. The van der Waals surface area contributed by atoms with E-state index in [1.54, 1.807) is 7.11 Å². The van der Waals surface area contributed by atoms with Gasteiger partial charge in [0, 0.05) is 25.5 Å². The smallest absolute Gasteiger partial charge is 0.0470 e. The Kier molecular flexibility index (Phi) is 8.14. The highest BCUT2D eigenvalue weighted by atomic mass is 32.2. The number of benzene rings is 1. The van der Waals surface area contributed by atoms with E-state index in [-0.39, 0.29) is 0 Å². The second-order valence-corrected chi connectivity index (χ2v) is 5.51. The molecule has 1 aromatic rings. The lowest BCUT2D eigenvalue weighted by Gasteiger charge is -2.16. The van der Waals surface area contributed by atoms with Crippen LogP contribution in [-0.4, -0.2) is 32.3 Å². The molecule has 0 aliphatic heterocycles. The van der Waals surface area contributed by atoms with E-state index in [2.05, 4.69) is 36.5 Å². The maximum atomic E-state index is 5.06. The summed E-state index contributed by atoms with van der Waals surface area (Å²) < 4.78 is 5.06. The minimum atomic E-state index is 0.448. The number of methoxy groups -OCH3 is 1. The molecule has 0 heterocycles. The van der Waals surface area contributed by atoms with Gasteiger partial charge in [-0.2, -0.15) is 11.8 Å². The first-order valence-corrected chi connectivity index (χ1v) is 7.80. The van der Waals surface area contributed by atoms with Crippen LogP contribution in [-0.2, 0) is 11.2 Å². The molecule has 1 unspecified atom stereocenters. The fourth-order valence-electron chi connectivity index (χ4n) is 1.84. The molecule has 0 radical (unpaired) electrons. The molecule has 0 bridgehead atoms. The zero-order chi connectivity index (χ0) is 13.2. The molecule has 0 saturated carbocycles. The van der Waals surface area contributed by atoms with E-state index < -0.39 is 0 Å². The zero-order valence-corrected chi connectivity index (χ0v) is 12.6. The molecule has 2 nitrogen and oxygen atoms in total. The van der Waals surface area contributed by atoms with E-state index in [0.717, 1.165) is 25.2 Å². The summed E-state index contributed by atoms with van der Waals surface area (Å²) in [7, 11) is 3.80. The third kappa shape index (κ3) is 5.42. The largest absolute Gasteiger partial charge is 0.385 e. The van der Waals surface area contributed by atoms with Gasteiger partial charge in [-0.25, -0.2) is 0 Å². The lowest BCUT2D eigenvalue weighted by molar-refractivity contribution is 0.200. The number of ether oxygens (including phenoxy) is 1. The number of aryl methyl sites for hydroxylation is 1. The van der Waals surface area contributed by atoms with Crippen LogP contribution in [0.1, 0.15) is 30.5 Å². The number of hydrogen-bond acceptors (Lipinski definition) is 3. The van der Waals surface area contributed by atoms with E-state index in [0.29, 0.717) is 6.04 Å². The SMILES string of the molecule is CCc1ccc(C(CSCCCOC)NC)cc1. The van der Waals surface area contributed by atoms with Gasteiger partial charge in [-0.05, 0) is 36.8 Å². The van der Waals surface area contributed by atoms with Crippen molar-refractivity contribution in [1.82, 2.24) is 5.32 Å². The predicted molar refractivity (Wildman–Crippen MR) is 81.4 cm³/mol. The summed E-state index contributed by atoms with van der Waals surface area (Å²) >= 11 is 1.99. The fraction of sp³-hybridized carbons (Fsp3) is 0.600. The first kappa shape index (κ1) is 15.5. The number of rotatable bonds is 9. The van der Waals surface area contributed by atoms with Crippen molar-refractivity contribution in [3.63, 3.8) is 0 Å². The summed E-state index contributed by atoms with van der Waals surface area (Å²) in [5.74, 6) is 2.28. The van der Waals surface area contributed by atoms with Crippen LogP contribution < -0.4 is 5.32 Å². The van der Waals surface area contributed by atoms with Gasteiger partial charge in [-0.15, -0.1) is 0 Å². The zero-order valence-electron chi connectivity index (χ0n) is 11.7. The lowest BCUT2D eigenvalue weighted by Crippen LogP contribution is -2.19. The normalized spacial score (nSPS) is 12.6. The third-order valence-corrected chi connectivity index (χ3v) is 4.21. The Morgan fingerprint density at radius 2 is 2.00 bits per heavy atom. The van der Waals surface area contributed by atoms with Gasteiger partial charge < -0.3 is 10.1 Å². The van der Waals surface area contributed by atoms with Crippen molar-refractivity contribution in [3.05, 3.63) is 35.4 Å². The topological polar surface area (TPSA) is 21.3 Å². The second kappa shape index (κ2) is 9.42. The van der Waals surface area contributed by atoms with Crippen molar-refractivity contribution in [1.29, 1.82) is 0 Å². The second-order valence-electron chi connectivity index (χ2n) is 4.36. The summed E-state index contributed by atoms with van der Waals surface area (Å²) in [6.45, 7) is 3.05. The maximum Gasteiger partial charge on any atom is 0.0470 e. The first-order chi connectivity index (χ1) is 8.81. The molecule has 1 atom stereocenters. The van der Waals surface area contributed by atoms with Crippen molar-refractivity contribution in [3.8, 4) is 0 Å². The molecule has 1 rings (SSSR count). The van der Waals surface area contributed by atoms with Crippen molar-refractivity contribution >= 4 is 11.8 Å². The minimum absolute atomic E-state index is 0.448. The van der Waals surface area contributed by atoms with Crippen LogP contribution in [0.25, 0.3) is 0 Å². The van der Waals surface area contributed by atoms with Crippen LogP contribution in [0.2, 0.25) is 0 Å². The standard InChI is InChI=1S/C15H25NOS/c1-4-13-6-8-14(9-7-13)15(16-2)12-18-11-5-10-17-3/h6-9,15-16H,4-5,10-12H2,1-3H3. The molecular formula is C15H25NOS. The molecule has 0 saturated heterocycles. The molecule has 1 N–H and O–H groups in total. The van der Waals surface area contributed by atoms with Gasteiger partial charge in [0.25, 0.3) is 0 Å². The summed E-state index contributed by atoms with van der Waals surface area (Å²) in [5.41, 5.74) is 2.79. The molecule has 18 heavy (non-hydrogen) atoms. The van der Waals surface area contributed by atoms with Crippen LogP contribution in [0.5, 0.6) is 0 Å². The molecule has 0 aliphatic rings. The molecule has 0 spiro atoms. The van der Waals surface area contributed by atoms with E-state index in [1.807, 2.05) is 18.8 Å². The molecule has 0 fully saturated rings. The van der Waals surface area contributed by atoms with Crippen molar-refractivity contribution in [2.45, 2.75) is 25.8 Å². The van der Waals surface area contributed by atoms with Crippen LogP contribution in [0.4, 0.5) is 0 Å². The maximum absolute atomic E-state index is 5.06. The van der Waals surface area contributed by atoms with E-state index in [9.17, 15) is 0 Å². The average molecular weight is 267 g/mol. The highest BCUT2D eigenvalue weighted by Crippen LogP contribution is 2.19. The van der Waals surface area contributed by atoms with Crippen LogP contribution >= 0.6 is 11.8 Å². The Labute approximate surface area is 116 Å². The van der Waals surface area contributed by atoms with Crippen molar-refractivity contribution in [2.75, 3.05) is 32.3 Å². The number of nitrogens with one attached hydrogen (secondary N) is 1. The van der Waals surface area contributed by atoms with Gasteiger partial charge in [0.2, 0.25) is 0 Å². The summed E-state index contributed by atoms with van der Waals surface area (Å²) in [4.78, 5) is 0. The van der Waals surface area contributed by atoms with Gasteiger partial charge in [0.15, 0.2) is 0 Å². The average Bonchev–Trinajstić information content (AvgIpc) is 2.43. The molecule has 0 aliphatic carbocycles. The molecule has 1 aromatic carbocycles. The van der Waals surface area contributed by atoms with E-state index in [1.165, 1.54) is 16.9 Å². The van der Waals surface area contributed by atoms with Gasteiger partial charge in [0.1, 0.15) is 0 Å². The van der Waals surface area contributed by atoms with Crippen LogP contribution in [0.3, 0.4) is 0 Å². The Bertz CT molecular complexity index is 313. The molecule has 0 amide bonds. The van der Waals surface area contributed by atoms with E-state index in [4.69, 9.17) is 4.74 Å². The van der Waals surface area contributed by atoms with Gasteiger partial charge >= 0.3 is 0 Å². The van der Waals surface area contributed by atoms with Gasteiger partial charge in [0.05, 0.1) is 0 Å². The summed E-state index contributed by atoms with van der Waals surface area (Å²) in [6.07, 6.45) is 2.24. The predicted octanol–water partition coefficient (Wildman–Crippen LogP) is 3.28. The van der Waals surface area contributed by atoms with Crippen LogP contribution in [0, 0.1) is 0 Å². The molecular weight excluding hydrogens is 242 g/mol. The highest BCUT2D eigenvalue weighted by molar-refractivity contribution is 7.99. The van der Waals surface area contributed by atoms with Crippen molar-refractivity contribution in [2.24, 2.45) is 0 Å². The molecule has 102 valence electrons. The molecule has 0 aromatic heterocycles. The first-order valence-electron chi connectivity index (χ1n) is 6.64. The molecule has 3 heteroatoms. The Morgan fingerprint density at radius 1 is 1.28 bits per heavy atom. The van der Waals surface area contributed by atoms with Gasteiger partial charge in [-0.3, -0.25) is 0 Å².